The highest BCUT2D eigenvalue weighted by molar-refractivity contribution is 7.94. The first-order valence-electron chi connectivity index (χ1n) is 6.62. The van der Waals surface area contributed by atoms with Crippen LogP contribution in [0.15, 0.2) is 28.7 Å². The summed E-state index contributed by atoms with van der Waals surface area (Å²) in [6.45, 7) is 4.97. The largest absolute Gasteiger partial charge is 0.497 e. The van der Waals surface area contributed by atoms with Gasteiger partial charge >= 0.3 is 0 Å². The smallest absolute Gasteiger partial charge is 0.286 e. The standard InChI is InChI=1S/C14H17N3O3S/c1-4-17(5-2)13-14(10-15,21(18,19)16-13)11-6-8-12(20-3)9-7-11/h6-9H,4-5H2,1-3H3. The maximum atomic E-state index is 12.2. The summed E-state index contributed by atoms with van der Waals surface area (Å²) in [5.41, 5.74) is 0.391. The van der Waals surface area contributed by atoms with E-state index in [0.29, 0.717) is 30.2 Å². The van der Waals surface area contributed by atoms with Gasteiger partial charge < -0.3 is 9.64 Å². The van der Waals surface area contributed by atoms with Crippen LogP contribution in [-0.4, -0.2) is 39.4 Å². The number of sulfonamides is 1. The molecule has 0 N–H and O–H groups in total. The SMILES string of the molecule is CCN(CC)C1=NS(=O)(=O)C1(C#N)c1ccc(OC)cc1. The minimum Gasteiger partial charge on any atom is -0.497 e. The minimum atomic E-state index is -3.88. The summed E-state index contributed by atoms with van der Waals surface area (Å²) in [7, 11) is -2.35. The highest BCUT2D eigenvalue weighted by Gasteiger charge is 2.60. The van der Waals surface area contributed by atoms with E-state index in [1.807, 2.05) is 19.9 Å². The van der Waals surface area contributed by atoms with Gasteiger partial charge in [-0.1, -0.05) is 12.1 Å². The quantitative estimate of drug-likeness (QED) is 0.841. The van der Waals surface area contributed by atoms with E-state index in [1.54, 1.807) is 29.2 Å². The maximum Gasteiger partial charge on any atom is 0.286 e. The number of nitrogens with zero attached hydrogens (tertiary/aromatic N) is 3. The van der Waals surface area contributed by atoms with Gasteiger partial charge in [-0.25, -0.2) is 8.42 Å². The number of nitriles is 1. The van der Waals surface area contributed by atoms with E-state index in [-0.39, 0.29) is 0 Å². The zero-order valence-corrected chi connectivity index (χ0v) is 13.0. The van der Waals surface area contributed by atoms with Crippen molar-refractivity contribution in [2.24, 2.45) is 4.40 Å². The third-order valence-electron chi connectivity index (χ3n) is 3.63. The summed E-state index contributed by atoms with van der Waals surface area (Å²) in [4.78, 5) is 1.79. The molecule has 7 heteroatoms. The van der Waals surface area contributed by atoms with Crippen molar-refractivity contribution < 1.29 is 13.2 Å². The Kier molecular flexibility index (Phi) is 3.92. The van der Waals surface area contributed by atoms with E-state index < -0.39 is 14.8 Å². The molecule has 0 radical (unpaired) electrons. The van der Waals surface area contributed by atoms with E-state index in [4.69, 9.17) is 4.74 Å². The lowest BCUT2D eigenvalue weighted by atomic mass is 9.96. The van der Waals surface area contributed by atoms with Crippen LogP contribution in [0.5, 0.6) is 5.75 Å². The van der Waals surface area contributed by atoms with Crippen molar-refractivity contribution in [2.45, 2.75) is 18.6 Å². The molecule has 2 rings (SSSR count). The molecule has 1 aliphatic rings. The molecule has 1 atom stereocenters. The van der Waals surface area contributed by atoms with Crippen molar-refractivity contribution in [2.75, 3.05) is 20.2 Å². The molecule has 6 nitrogen and oxygen atoms in total. The Morgan fingerprint density at radius 1 is 1.29 bits per heavy atom. The van der Waals surface area contributed by atoms with Crippen LogP contribution in [0.2, 0.25) is 0 Å². The molecule has 1 aromatic rings. The molecule has 1 aliphatic heterocycles. The summed E-state index contributed by atoms with van der Waals surface area (Å²) in [5, 5.41) is 9.59. The average molecular weight is 307 g/mol. The molecular weight excluding hydrogens is 290 g/mol. The van der Waals surface area contributed by atoms with Gasteiger partial charge in [0.25, 0.3) is 14.8 Å². The maximum absolute atomic E-state index is 12.2. The molecule has 1 unspecified atom stereocenters. The molecule has 0 saturated carbocycles. The third-order valence-corrected chi connectivity index (χ3v) is 5.32. The number of hydrogen-bond donors (Lipinski definition) is 0. The Labute approximate surface area is 124 Å². The Bertz CT molecular complexity index is 700. The van der Waals surface area contributed by atoms with Crippen LogP contribution in [0, 0.1) is 11.3 Å². The number of likely N-dealkylation sites (N-methyl/N-ethyl adjacent to an activating group) is 1. The fraction of sp³-hybridized carbons (Fsp3) is 0.429. The predicted molar refractivity (Wildman–Crippen MR) is 79.6 cm³/mol. The molecular formula is C14H17N3O3S. The third kappa shape index (κ3) is 2.07. The first-order chi connectivity index (χ1) is 9.96. The van der Waals surface area contributed by atoms with Crippen molar-refractivity contribution in [3.63, 3.8) is 0 Å². The Morgan fingerprint density at radius 3 is 2.24 bits per heavy atom. The lowest BCUT2D eigenvalue weighted by Crippen LogP contribution is -2.57. The van der Waals surface area contributed by atoms with Crippen molar-refractivity contribution in [1.29, 1.82) is 5.26 Å². The van der Waals surface area contributed by atoms with Crippen molar-refractivity contribution >= 4 is 15.9 Å². The van der Waals surface area contributed by atoms with Gasteiger partial charge in [-0.2, -0.15) is 5.26 Å². The van der Waals surface area contributed by atoms with E-state index in [2.05, 4.69) is 4.40 Å². The first-order valence-corrected chi connectivity index (χ1v) is 8.06. The second-order valence-corrected chi connectivity index (χ2v) is 6.33. The summed E-state index contributed by atoms with van der Waals surface area (Å²) in [6.07, 6.45) is 0. The zero-order chi connectivity index (χ0) is 15.7. The summed E-state index contributed by atoms with van der Waals surface area (Å²) in [5.74, 6) is 0.894. The van der Waals surface area contributed by atoms with Gasteiger partial charge in [0, 0.05) is 13.1 Å². The highest BCUT2D eigenvalue weighted by Crippen LogP contribution is 2.42. The fourth-order valence-corrected chi connectivity index (χ4v) is 3.84. The van der Waals surface area contributed by atoms with Gasteiger partial charge in [0.15, 0.2) is 5.84 Å². The van der Waals surface area contributed by atoms with Crippen molar-refractivity contribution in [3.8, 4) is 11.8 Å². The Hall–Kier alpha value is -2.07. The van der Waals surface area contributed by atoms with Crippen LogP contribution in [0.1, 0.15) is 19.4 Å². The number of amidine groups is 1. The molecule has 0 aromatic heterocycles. The second-order valence-electron chi connectivity index (χ2n) is 4.58. The van der Waals surface area contributed by atoms with Crippen molar-refractivity contribution in [1.82, 2.24) is 4.90 Å². The number of benzene rings is 1. The number of ether oxygens (including phenoxy) is 1. The molecule has 0 spiro atoms. The van der Waals surface area contributed by atoms with Crippen LogP contribution in [0.4, 0.5) is 0 Å². The van der Waals surface area contributed by atoms with Gasteiger partial charge in [0.1, 0.15) is 11.8 Å². The van der Waals surface area contributed by atoms with Crippen LogP contribution in [0.3, 0.4) is 0 Å². The second kappa shape index (κ2) is 5.37. The topological polar surface area (TPSA) is 82.8 Å². The molecule has 0 amide bonds. The molecule has 112 valence electrons. The van der Waals surface area contributed by atoms with Crippen LogP contribution in [0.25, 0.3) is 0 Å². The van der Waals surface area contributed by atoms with Crippen molar-refractivity contribution in [3.05, 3.63) is 29.8 Å². The normalized spacial score (nSPS) is 22.7. The van der Waals surface area contributed by atoms with Gasteiger partial charge in [0.2, 0.25) is 0 Å². The summed E-state index contributed by atoms with van der Waals surface area (Å²) < 4.78 is 31.5. The van der Waals surface area contributed by atoms with Crippen LogP contribution < -0.4 is 4.74 Å². The molecule has 0 aliphatic carbocycles. The van der Waals surface area contributed by atoms with E-state index in [9.17, 15) is 13.7 Å². The number of methoxy groups -OCH3 is 1. The average Bonchev–Trinajstić information content (AvgIpc) is 2.49. The predicted octanol–water partition coefficient (Wildman–Crippen LogP) is 1.50. The van der Waals surface area contributed by atoms with Gasteiger partial charge in [0.05, 0.1) is 7.11 Å². The molecule has 1 aromatic carbocycles. The van der Waals surface area contributed by atoms with Crippen LogP contribution >= 0.6 is 0 Å². The molecule has 0 saturated heterocycles. The molecule has 0 fully saturated rings. The number of rotatable bonds is 4. The van der Waals surface area contributed by atoms with Crippen LogP contribution in [-0.2, 0) is 14.8 Å². The Balaban J connectivity index is 2.59. The van der Waals surface area contributed by atoms with E-state index >= 15 is 0 Å². The first kappa shape index (κ1) is 15.3. The van der Waals surface area contributed by atoms with Gasteiger partial charge in [-0.3, -0.25) is 0 Å². The minimum absolute atomic E-state index is 0.292. The zero-order valence-electron chi connectivity index (χ0n) is 12.2. The van der Waals surface area contributed by atoms with E-state index in [1.165, 1.54) is 7.11 Å². The Morgan fingerprint density at radius 2 is 1.86 bits per heavy atom. The molecule has 0 bridgehead atoms. The lowest BCUT2D eigenvalue weighted by Gasteiger charge is -2.39. The molecule has 21 heavy (non-hydrogen) atoms. The van der Waals surface area contributed by atoms with Gasteiger partial charge in [-0.05, 0) is 31.5 Å². The monoisotopic (exact) mass is 307 g/mol. The lowest BCUT2D eigenvalue weighted by molar-refractivity contribution is 0.414. The van der Waals surface area contributed by atoms with Gasteiger partial charge in [-0.15, -0.1) is 4.40 Å². The summed E-state index contributed by atoms with van der Waals surface area (Å²) in [6, 6.07) is 8.43. The highest BCUT2D eigenvalue weighted by atomic mass is 32.2. The fourth-order valence-electron chi connectivity index (χ4n) is 2.40. The molecule has 1 heterocycles. The number of hydrogen-bond acceptors (Lipinski definition) is 5. The van der Waals surface area contributed by atoms with E-state index in [0.717, 1.165) is 0 Å². The summed E-state index contributed by atoms with van der Waals surface area (Å²) >= 11 is 0.